The molecule has 0 spiro atoms. The van der Waals surface area contributed by atoms with Gasteiger partial charge >= 0.3 is 0 Å². The van der Waals surface area contributed by atoms with Crippen LogP contribution < -0.4 is 10.1 Å². The molecular weight excluding hydrogens is 376 g/mol. The largest absolute Gasteiger partial charge is 0.485 e. The predicted octanol–water partition coefficient (Wildman–Crippen LogP) is 4.36. The lowest BCUT2D eigenvalue weighted by molar-refractivity contribution is 0.0651. The summed E-state index contributed by atoms with van der Waals surface area (Å²) in [5.74, 6) is 2.61. The number of benzene rings is 1. The number of amides is 1. The van der Waals surface area contributed by atoms with Gasteiger partial charge in [-0.1, -0.05) is 17.7 Å². The average Bonchev–Trinajstić information content (AvgIpc) is 3.14. The molecule has 1 amide bonds. The molecule has 3 rings (SSSR count). The summed E-state index contributed by atoms with van der Waals surface area (Å²) >= 11 is 0. The second kappa shape index (κ2) is 10.5. The Kier molecular flexibility index (Phi) is 8.39. The van der Waals surface area contributed by atoms with Crippen molar-refractivity contribution in [3.63, 3.8) is 0 Å². The van der Waals surface area contributed by atoms with Gasteiger partial charge in [-0.05, 0) is 76.4 Å². The lowest BCUT2D eigenvalue weighted by Crippen LogP contribution is -2.38. The predicted molar refractivity (Wildman–Crippen MR) is 113 cm³/mol. The normalized spacial score (nSPS) is 14.6. The van der Waals surface area contributed by atoms with E-state index in [0.29, 0.717) is 24.0 Å². The van der Waals surface area contributed by atoms with E-state index in [1.807, 2.05) is 37.1 Å². The lowest BCUT2D eigenvalue weighted by atomic mass is 9.93. The summed E-state index contributed by atoms with van der Waals surface area (Å²) in [6, 6.07) is 9.68. The van der Waals surface area contributed by atoms with Gasteiger partial charge in [0.05, 0.1) is 0 Å². The maximum atomic E-state index is 12.7. The monoisotopic (exact) mass is 406 g/mol. The van der Waals surface area contributed by atoms with E-state index in [-0.39, 0.29) is 18.3 Å². The first-order valence-electron chi connectivity index (χ1n) is 9.79. The van der Waals surface area contributed by atoms with Gasteiger partial charge in [0.25, 0.3) is 5.91 Å². The van der Waals surface area contributed by atoms with Gasteiger partial charge in [0.1, 0.15) is 18.1 Å². The van der Waals surface area contributed by atoms with Crippen LogP contribution >= 0.6 is 12.4 Å². The van der Waals surface area contributed by atoms with E-state index in [4.69, 9.17) is 9.15 Å². The standard InChI is InChI=1S/C22H30N2O3.ClH/c1-16-4-6-20(17(2)14-16)26-15-19-5-7-21(27-19)22(25)24-12-9-18(10-13-24)8-11-23-3;/h4-7,14,18,23H,8-13,15H2,1-3H3;1H. The Hall–Kier alpha value is -1.98. The highest BCUT2D eigenvalue weighted by molar-refractivity contribution is 5.91. The topological polar surface area (TPSA) is 54.7 Å². The molecule has 1 saturated heterocycles. The first kappa shape index (κ1) is 22.3. The highest BCUT2D eigenvalue weighted by Crippen LogP contribution is 2.23. The summed E-state index contributed by atoms with van der Waals surface area (Å²) in [4.78, 5) is 14.6. The third-order valence-electron chi connectivity index (χ3n) is 5.28. The zero-order chi connectivity index (χ0) is 19.2. The molecule has 28 heavy (non-hydrogen) atoms. The molecule has 2 aromatic rings. The van der Waals surface area contributed by atoms with E-state index in [1.54, 1.807) is 6.07 Å². The third-order valence-corrected chi connectivity index (χ3v) is 5.28. The molecule has 2 heterocycles. The van der Waals surface area contributed by atoms with Crippen LogP contribution in [0.5, 0.6) is 5.75 Å². The number of nitrogens with one attached hydrogen (secondary N) is 1. The van der Waals surface area contributed by atoms with Gasteiger partial charge in [0.15, 0.2) is 5.76 Å². The number of aryl methyl sites for hydroxylation is 2. The molecule has 0 radical (unpaired) electrons. The van der Waals surface area contributed by atoms with E-state index in [2.05, 4.69) is 18.3 Å². The minimum absolute atomic E-state index is 0. The van der Waals surface area contributed by atoms with Crippen molar-refractivity contribution in [2.75, 3.05) is 26.7 Å². The molecule has 0 aliphatic carbocycles. The fourth-order valence-corrected chi connectivity index (χ4v) is 3.61. The maximum absolute atomic E-state index is 12.7. The van der Waals surface area contributed by atoms with Gasteiger partial charge in [-0.2, -0.15) is 0 Å². The smallest absolute Gasteiger partial charge is 0.289 e. The molecule has 1 aliphatic heterocycles. The SMILES string of the molecule is CNCCC1CCN(C(=O)c2ccc(COc3ccc(C)cc3C)o2)CC1.Cl. The Bertz CT molecular complexity index is 767. The van der Waals surface area contributed by atoms with Gasteiger partial charge in [-0.3, -0.25) is 4.79 Å². The molecule has 0 saturated carbocycles. The lowest BCUT2D eigenvalue weighted by Gasteiger charge is -2.31. The number of hydrogen-bond donors (Lipinski definition) is 1. The highest BCUT2D eigenvalue weighted by atomic mass is 35.5. The van der Waals surface area contributed by atoms with Crippen LogP contribution in [0.2, 0.25) is 0 Å². The first-order chi connectivity index (χ1) is 13.1. The quantitative estimate of drug-likeness (QED) is 0.742. The summed E-state index contributed by atoms with van der Waals surface area (Å²) in [5, 5.41) is 3.20. The molecule has 1 aromatic carbocycles. The summed E-state index contributed by atoms with van der Waals surface area (Å²) in [6.45, 7) is 7.07. The number of furan rings is 1. The van der Waals surface area contributed by atoms with Crippen LogP contribution in [0.15, 0.2) is 34.7 Å². The second-order valence-corrected chi connectivity index (χ2v) is 7.45. The van der Waals surface area contributed by atoms with Gasteiger partial charge < -0.3 is 19.4 Å². The summed E-state index contributed by atoms with van der Waals surface area (Å²) in [6.07, 6.45) is 3.31. The van der Waals surface area contributed by atoms with E-state index >= 15 is 0 Å². The van der Waals surface area contributed by atoms with Crippen LogP contribution in [0, 0.1) is 19.8 Å². The fourth-order valence-electron chi connectivity index (χ4n) is 3.61. The van der Waals surface area contributed by atoms with Crippen molar-refractivity contribution in [1.29, 1.82) is 0 Å². The molecular formula is C22H31ClN2O3. The minimum atomic E-state index is -0.0140. The average molecular weight is 407 g/mol. The van der Waals surface area contributed by atoms with Crippen LogP contribution in [0.4, 0.5) is 0 Å². The van der Waals surface area contributed by atoms with Gasteiger partial charge in [0, 0.05) is 13.1 Å². The zero-order valence-electron chi connectivity index (χ0n) is 17.0. The molecule has 1 aliphatic rings. The van der Waals surface area contributed by atoms with Crippen LogP contribution in [0.3, 0.4) is 0 Å². The Balaban J connectivity index is 0.00000280. The summed E-state index contributed by atoms with van der Waals surface area (Å²) < 4.78 is 11.6. The highest BCUT2D eigenvalue weighted by Gasteiger charge is 2.25. The molecule has 154 valence electrons. The molecule has 0 bridgehead atoms. The molecule has 5 nitrogen and oxygen atoms in total. The molecule has 0 atom stereocenters. The number of ether oxygens (including phenoxy) is 1. The number of piperidine rings is 1. The second-order valence-electron chi connectivity index (χ2n) is 7.45. The van der Waals surface area contributed by atoms with Crippen LogP contribution in [0.25, 0.3) is 0 Å². The molecule has 0 unspecified atom stereocenters. The van der Waals surface area contributed by atoms with Crippen molar-refractivity contribution in [1.82, 2.24) is 10.2 Å². The number of hydrogen-bond acceptors (Lipinski definition) is 4. The van der Waals surface area contributed by atoms with Crippen molar-refractivity contribution < 1.29 is 13.9 Å². The number of carbonyl (C=O) groups is 1. The van der Waals surface area contributed by atoms with Crippen molar-refractivity contribution in [3.8, 4) is 5.75 Å². The molecule has 1 fully saturated rings. The summed E-state index contributed by atoms with van der Waals surface area (Å²) in [7, 11) is 1.98. The van der Waals surface area contributed by atoms with Crippen molar-refractivity contribution >= 4 is 18.3 Å². The number of halogens is 1. The molecule has 1 N–H and O–H groups in total. The van der Waals surface area contributed by atoms with Gasteiger partial charge in [0.2, 0.25) is 0 Å². The van der Waals surface area contributed by atoms with Crippen LogP contribution in [-0.2, 0) is 6.61 Å². The van der Waals surface area contributed by atoms with Crippen molar-refractivity contribution in [3.05, 3.63) is 53.0 Å². The Labute approximate surface area is 173 Å². The van der Waals surface area contributed by atoms with E-state index in [0.717, 1.165) is 43.8 Å². The van der Waals surface area contributed by atoms with Gasteiger partial charge in [-0.25, -0.2) is 0 Å². The molecule has 1 aromatic heterocycles. The first-order valence-corrected chi connectivity index (χ1v) is 9.79. The number of nitrogens with zero attached hydrogens (tertiary/aromatic N) is 1. The number of rotatable bonds is 7. The van der Waals surface area contributed by atoms with E-state index in [9.17, 15) is 4.79 Å². The van der Waals surface area contributed by atoms with Crippen molar-refractivity contribution in [2.45, 2.75) is 39.7 Å². The third kappa shape index (κ3) is 5.76. The Morgan fingerprint density at radius 3 is 2.64 bits per heavy atom. The Morgan fingerprint density at radius 2 is 1.96 bits per heavy atom. The fraction of sp³-hybridized carbons (Fsp3) is 0.500. The molecule has 6 heteroatoms. The maximum Gasteiger partial charge on any atom is 0.289 e. The minimum Gasteiger partial charge on any atom is -0.485 e. The zero-order valence-corrected chi connectivity index (χ0v) is 17.8. The number of carbonyl (C=O) groups excluding carboxylic acids is 1. The van der Waals surface area contributed by atoms with Crippen LogP contribution in [0.1, 0.15) is 46.7 Å². The Morgan fingerprint density at radius 1 is 1.21 bits per heavy atom. The van der Waals surface area contributed by atoms with Crippen molar-refractivity contribution in [2.24, 2.45) is 5.92 Å². The van der Waals surface area contributed by atoms with Crippen LogP contribution in [-0.4, -0.2) is 37.5 Å². The summed E-state index contributed by atoms with van der Waals surface area (Å²) in [5.41, 5.74) is 2.31. The number of likely N-dealkylation sites (tertiary alicyclic amines) is 1. The van der Waals surface area contributed by atoms with E-state index < -0.39 is 0 Å². The van der Waals surface area contributed by atoms with Gasteiger partial charge in [-0.15, -0.1) is 12.4 Å². The van der Waals surface area contributed by atoms with E-state index in [1.165, 1.54) is 12.0 Å².